The lowest BCUT2D eigenvalue weighted by Gasteiger charge is -2.11. The summed E-state index contributed by atoms with van der Waals surface area (Å²) in [6.07, 6.45) is 2.50. The van der Waals surface area contributed by atoms with Crippen LogP contribution >= 0.6 is 12.2 Å². The minimum absolute atomic E-state index is 0.432. The molecule has 2 aromatic carbocycles. The van der Waals surface area contributed by atoms with Gasteiger partial charge in [-0.15, -0.1) is 0 Å². The Bertz CT molecular complexity index is 712. The SMILES string of the molecule is CC(C)c1ccc(CCCNC(=S)Nc2ccc(CC#N)cc2)cc1. The maximum atomic E-state index is 8.68. The van der Waals surface area contributed by atoms with Crippen LogP contribution in [0.2, 0.25) is 0 Å². The van der Waals surface area contributed by atoms with Gasteiger partial charge in [-0.25, -0.2) is 0 Å². The van der Waals surface area contributed by atoms with Gasteiger partial charge in [-0.2, -0.15) is 5.26 Å². The molecule has 0 fully saturated rings. The van der Waals surface area contributed by atoms with Crippen LogP contribution in [0.25, 0.3) is 0 Å². The predicted molar refractivity (Wildman–Crippen MR) is 109 cm³/mol. The number of hydrogen-bond acceptors (Lipinski definition) is 2. The van der Waals surface area contributed by atoms with Gasteiger partial charge in [-0.3, -0.25) is 0 Å². The van der Waals surface area contributed by atoms with Gasteiger partial charge in [0.2, 0.25) is 0 Å². The Morgan fingerprint density at radius 3 is 2.28 bits per heavy atom. The van der Waals surface area contributed by atoms with Crippen LogP contribution in [0.15, 0.2) is 48.5 Å². The first-order valence-electron chi connectivity index (χ1n) is 8.68. The summed E-state index contributed by atoms with van der Waals surface area (Å²) in [5, 5.41) is 15.7. The summed E-state index contributed by atoms with van der Waals surface area (Å²) in [7, 11) is 0. The molecule has 0 aliphatic carbocycles. The smallest absolute Gasteiger partial charge is 0.170 e. The monoisotopic (exact) mass is 351 g/mol. The molecule has 2 aromatic rings. The Balaban J connectivity index is 1.69. The molecule has 0 atom stereocenters. The van der Waals surface area contributed by atoms with Gasteiger partial charge in [0.05, 0.1) is 12.5 Å². The van der Waals surface area contributed by atoms with E-state index in [2.05, 4.69) is 54.8 Å². The van der Waals surface area contributed by atoms with Gasteiger partial charge in [0.15, 0.2) is 5.11 Å². The lowest BCUT2D eigenvalue weighted by atomic mass is 10.0. The quantitative estimate of drug-likeness (QED) is 0.556. The molecule has 25 heavy (non-hydrogen) atoms. The molecule has 2 rings (SSSR count). The Kier molecular flexibility index (Phi) is 7.43. The number of benzene rings is 2. The standard InChI is InChI=1S/C21H25N3S/c1-16(2)19-9-5-17(6-10-19)4-3-15-23-21(25)24-20-11-7-18(8-12-20)13-14-22/h5-12,16H,3-4,13,15H2,1-2H3,(H2,23,24,25). The molecule has 2 N–H and O–H groups in total. The molecular weight excluding hydrogens is 326 g/mol. The fraction of sp³-hybridized carbons (Fsp3) is 0.333. The largest absolute Gasteiger partial charge is 0.362 e. The lowest BCUT2D eigenvalue weighted by Crippen LogP contribution is -2.29. The highest BCUT2D eigenvalue weighted by atomic mass is 32.1. The Labute approximate surface area is 156 Å². The second-order valence-electron chi connectivity index (χ2n) is 6.41. The number of hydrogen-bond donors (Lipinski definition) is 2. The van der Waals surface area contributed by atoms with Crippen molar-refractivity contribution < 1.29 is 0 Å². The summed E-state index contributed by atoms with van der Waals surface area (Å²) in [6.45, 7) is 5.26. The second-order valence-corrected chi connectivity index (χ2v) is 6.82. The molecule has 0 saturated carbocycles. The highest BCUT2D eigenvalue weighted by molar-refractivity contribution is 7.80. The highest BCUT2D eigenvalue weighted by Gasteiger charge is 2.01. The van der Waals surface area contributed by atoms with Crippen LogP contribution in [0, 0.1) is 11.3 Å². The van der Waals surface area contributed by atoms with Gasteiger partial charge < -0.3 is 10.6 Å². The van der Waals surface area contributed by atoms with E-state index in [1.54, 1.807) is 0 Å². The van der Waals surface area contributed by atoms with Crippen molar-refractivity contribution in [2.75, 3.05) is 11.9 Å². The summed E-state index contributed by atoms with van der Waals surface area (Å²) >= 11 is 5.32. The third-order valence-corrected chi connectivity index (χ3v) is 4.32. The van der Waals surface area contributed by atoms with Crippen molar-refractivity contribution in [2.45, 2.75) is 39.0 Å². The number of nitriles is 1. The second kappa shape index (κ2) is 9.80. The van der Waals surface area contributed by atoms with Crippen molar-refractivity contribution in [1.82, 2.24) is 5.32 Å². The molecule has 0 unspecified atom stereocenters. The molecule has 0 spiro atoms. The van der Waals surface area contributed by atoms with E-state index < -0.39 is 0 Å². The van der Waals surface area contributed by atoms with Crippen molar-refractivity contribution in [3.8, 4) is 6.07 Å². The number of aryl methyl sites for hydroxylation is 1. The van der Waals surface area contributed by atoms with Gasteiger partial charge in [0.1, 0.15) is 0 Å². The van der Waals surface area contributed by atoms with E-state index in [4.69, 9.17) is 17.5 Å². The fourth-order valence-electron chi connectivity index (χ4n) is 2.54. The maximum Gasteiger partial charge on any atom is 0.170 e. The van der Waals surface area contributed by atoms with Crippen LogP contribution < -0.4 is 10.6 Å². The molecule has 0 amide bonds. The van der Waals surface area contributed by atoms with Crippen molar-refractivity contribution in [2.24, 2.45) is 0 Å². The van der Waals surface area contributed by atoms with Crippen LogP contribution in [0.4, 0.5) is 5.69 Å². The molecule has 130 valence electrons. The van der Waals surface area contributed by atoms with E-state index in [0.717, 1.165) is 30.6 Å². The van der Waals surface area contributed by atoms with E-state index in [-0.39, 0.29) is 0 Å². The van der Waals surface area contributed by atoms with E-state index in [9.17, 15) is 0 Å². The number of nitrogens with zero attached hydrogens (tertiary/aromatic N) is 1. The van der Waals surface area contributed by atoms with Crippen molar-refractivity contribution in [3.05, 3.63) is 65.2 Å². The van der Waals surface area contributed by atoms with Crippen LogP contribution in [0.5, 0.6) is 0 Å². The predicted octanol–water partition coefficient (Wildman–Crippen LogP) is 4.80. The number of rotatable bonds is 7. The van der Waals surface area contributed by atoms with Gasteiger partial charge >= 0.3 is 0 Å². The van der Waals surface area contributed by atoms with Crippen LogP contribution in [-0.2, 0) is 12.8 Å². The van der Waals surface area contributed by atoms with E-state index in [1.807, 2.05) is 24.3 Å². The topological polar surface area (TPSA) is 47.8 Å². The first-order chi connectivity index (χ1) is 12.1. The summed E-state index contributed by atoms with van der Waals surface area (Å²) < 4.78 is 0. The van der Waals surface area contributed by atoms with E-state index in [1.165, 1.54) is 11.1 Å². The number of thiocarbonyl (C=S) groups is 1. The molecule has 0 aliphatic rings. The summed E-state index contributed by atoms with van der Waals surface area (Å²) in [6, 6.07) is 18.8. The Morgan fingerprint density at radius 2 is 1.68 bits per heavy atom. The third-order valence-electron chi connectivity index (χ3n) is 4.07. The molecule has 0 aliphatic heterocycles. The van der Waals surface area contributed by atoms with Crippen molar-refractivity contribution in [1.29, 1.82) is 5.26 Å². The molecule has 0 saturated heterocycles. The lowest BCUT2D eigenvalue weighted by molar-refractivity contribution is 0.776. The zero-order chi connectivity index (χ0) is 18.1. The Hall–Kier alpha value is -2.38. The van der Waals surface area contributed by atoms with Crippen molar-refractivity contribution in [3.63, 3.8) is 0 Å². The average molecular weight is 352 g/mol. The number of anilines is 1. The van der Waals surface area contributed by atoms with Crippen LogP contribution in [0.1, 0.15) is 42.9 Å². The number of nitrogens with one attached hydrogen (secondary N) is 2. The first-order valence-corrected chi connectivity index (χ1v) is 9.09. The third kappa shape index (κ3) is 6.56. The zero-order valence-electron chi connectivity index (χ0n) is 14.9. The summed E-state index contributed by atoms with van der Waals surface area (Å²) in [4.78, 5) is 0. The Morgan fingerprint density at radius 1 is 1.04 bits per heavy atom. The molecule has 0 bridgehead atoms. The van der Waals surface area contributed by atoms with Gasteiger partial charge in [0.25, 0.3) is 0 Å². The molecule has 0 heterocycles. The van der Waals surface area contributed by atoms with Gasteiger partial charge in [-0.1, -0.05) is 50.2 Å². The average Bonchev–Trinajstić information content (AvgIpc) is 2.61. The summed E-state index contributed by atoms with van der Waals surface area (Å²) in [5.74, 6) is 0.577. The van der Waals surface area contributed by atoms with E-state index in [0.29, 0.717) is 17.5 Å². The van der Waals surface area contributed by atoms with Gasteiger partial charge in [0, 0.05) is 12.2 Å². The first kappa shape index (κ1) is 19.0. The molecule has 3 nitrogen and oxygen atoms in total. The highest BCUT2D eigenvalue weighted by Crippen LogP contribution is 2.15. The van der Waals surface area contributed by atoms with Crippen LogP contribution in [0.3, 0.4) is 0 Å². The molecule has 0 radical (unpaired) electrons. The van der Waals surface area contributed by atoms with E-state index >= 15 is 0 Å². The zero-order valence-corrected chi connectivity index (χ0v) is 15.7. The summed E-state index contributed by atoms with van der Waals surface area (Å²) in [5.41, 5.74) is 4.69. The molecule has 0 aromatic heterocycles. The maximum absolute atomic E-state index is 8.68. The normalized spacial score (nSPS) is 10.3. The fourth-order valence-corrected chi connectivity index (χ4v) is 2.76. The van der Waals surface area contributed by atoms with Gasteiger partial charge in [-0.05, 0) is 59.8 Å². The van der Waals surface area contributed by atoms with Crippen molar-refractivity contribution >= 4 is 23.0 Å². The molecular formula is C21H25N3S. The molecule has 4 heteroatoms. The minimum Gasteiger partial charge on any atom is -0.362 e. The minimum atomic E-state index is 0.432. The van der Waals surface area contributed by atoms with Crippen LogP contribution in [-0.4, -0.2) is 11.7 Å².